The van der Waals surface area contributed by atoms with Crippen LogP contribution in [0.3, 0.4) is 0 Å². The predicted octanol–water partition coefficient (Wildman–Crippen LogP) is 2.60. The summed E-state index contributed by atoms with van der Waals surface area (Å²) in [5.41, 5.74) is 1.12. The Balaban J connectivity index is 1.46. The molecule has 6 N–H and O–H groups in total. The SMILES string of the molecule is C[C@H](N[C@@H](CCc1ccccc1)C(=O)O)C(=O)N1C[C@@H](NC(=O)c2cc(NS(=O)[O-])c(Cl)cc2NCc2ccco2)CC1C(=O)O. The van der Waals surface area contributed by atoms with Crippen molar-refractivity contribution in [1.29, 1.82) is 0 Å². The molecule has 14 nitrogen and oxygen atoms in total. The van der Waals surface area contributed by atoms with Crippen molar-refractivity contribution in [3.05, 3.63) is 82.8 Å². The fourth-order valence-corrected chi connectivity index (χ4v) is 5.82. The summed E-state index contributed by atoms with van der Waals surface area (Å²) in [6, 6.07) is 11.1. The lowest BCUT2D eigenvalue weighted by atomic mass is 10.0. The molecular formula is C30H33ClN5O9S-. The molecule has 16 heteroatoms. The number of hydrogen-bond donors (Lipinski definition) is 6. The zero-order chi connectivity index (χ0) is 33.4. The van der Waals surface area contributed by atoms with Gasteiger partial charge in [0.2, 0.25) is 5.91 Å². The molecule has 5 atom stereocenters. The summed E-state index contributed by atoms with van der Waals surface area (Å²) in [5, 5.41) is 28.2. The van der Waals surface area contributed by atoms with Crippen molar-refractivity contribution in [3.8, 4) is 0 Å². The van der Waals surface area contributed by atoms with Gasteiger partial charge in [0.15, 0.2) is 0 Å². The largest absolute Gasteiger partial charge is 0.755 e. The molecule has 1 aliphatic heterocycles. The van der Waals surface area contributed by atoms with Crippen LogP contribution in [-0.4, -0.2) is 78.3 Å². The molecule has 2 unspecified atom stereocenters. The monoisotopic (exact) mass is 674 g/mol. The molecule has 46 heavy (non-hydrogen) atoms. The van der Waals surface area contributed by atoms with E-state index >= 15 is 0 Å². The maximum atomic E-state index is 13.5. The Morgan fingerprint density at radius 1 is 1.11 bits per heavy atom. The van der Waals surface area contributed by atoms with E-state index in [1.54, 1.807) is 12.1 Å². The zero-order valence-electron chi connectivity index (χ0n) is 24.6. The Morgan fingerprint density at radius 3 is 2.48 bits per heavy atom. The number of halogens is 1. The third-order valence-corrected chi connectivity index (χ3v) is 8.17. The van der Waals surface area contributed by atoms with Gasteiger partial charge in [-0.15, -0.1) is 0 Å². The minimum atomic E-state index is -2.73. The van der Waals surface area contributed by atoms with Gasteiger partial charge < -0.3 is 39.4 Å². The molecule has 2 aromatic carbocycles. The lowest BCUT2D eigenvalue weighted by Crippen LogP contribution is -2.53. The van der Waals surface area contributed by atoms with E-state index in [-0.39, 0.29) is 47.9 Å². The highest BCUT2D eigenvalue weighted by Crippen LogP contribution is 2.31. The number of rotatable bonds is 15. The zero-order valence-corrected chi connectivity index (χ0v) is 26.2. The van der Waals surface area contributed by atoms with Crippen LogP contribution < -0.4 is 20.7 Å². The molecule has 246 valence electrons. The van der Waals surface area contributed by atoms with Gasteiger partial charge in [0.25, 0.3) is 5.91 Å². The van der Waals surface area contributed by atoms with Gasteiger partial charge in [-0.3, -0.25) is 23.9 Å². The number of benzene rings is 2. The third kappa shape index (κ3) is 9.06. The van der Waals surface area contributed by atoms with Gasteiger partial charge in [-0.2, -0.15) is 0 Å². The summed E-state index contributed by atoms with van der Waals surface area (Å²) in [6.07, 6.45) is 2.01. The molecule has 0 bridgehead atoms. The highest BCUT2D eigenvalue weighted by atomic mass is 35.5. The second kappa shape index (κ2) is 15.7. The highest BCUT2D eigenvalue weighted by molar-refractivity contribution is 7.80. The van der Waals surface area contributed by atoms with Crippen molar-refractivity contribution >= 4 is 58.0 Å². The number of amides is 2. The van der Waals surface area contributed by atoms with Crippen molar-refractivity contribution in [1.82, 2.24) is 15.5 Å². The lowest BCUT2D eigenvalue weighted by molar-refractivity contribution is -0.149. The molecule has 0 aliphatic carbocycles. The molecule has 4 rings (SSSR count). The van der Waals surface area contributed by atoms with Crippen LogP contribution in [0.15, 0.2) is 65.3 Å². The number of nitrogens with one attached hydrogen (secondary N) is 4. The molecule has 2 heterocycles. The Labute approximate surface area is 271 Å². The van der Waals surface area contributed by atoms with Crippen LogP contribution in [0.25, 0.3) is 0 Å². The van der Waals surface area contributed by atoms with Crippen molar-refractivity contribution in [2.75, 3.05) is 16.6 Å². The third-order valence-electron chi connectivity index (χ3n) is 7.47. The molecule has 0 radical (unpaired) electrons. The first-order valence-electron chi connectivity index (χ1n) is 14.3. The van der Waals surface area contributed by atoms with Gasteiger partial charge in [0.05, 0.1) is 35.1 Å². The second-order valence-corrected chi connectivity index (χ2v) is 11.8. The van der Waals surface area contributed by atoms with Crippen LogP contribution in [-0.2, 0) is 38.6 Å². The first-order valence-corrected chi connectivity index (χ1v) is 15.7. The molecule has 1 fully saturated rings. The number of likely N-dealkylation sites (tertiary alicyclic amines) is 1. The fourth-order valence-electron chi connectivity index (χ4n) is 5.21. The summed E-state index contributed by atoms with van der Waals surface area (Å²) >= 11 is 3.51. The molecule has 0 saturated carbocycles. The molecule has 3 aromatic rings. The van der Waals surface area contributed by atoms with Gasteiger partial charge >= 0.3 is 11.9 Å². The summed E-state index contributed by atoms with van der Waals surface area (Å²) < 4.78 is 30.0. The fraction of sp³-hybridized carbons (Fsp3) is 0.333. The number of aryl methyl sites for hydroxylation is 1. The van der Waals surface area contributed by atoms with E-state index < -0.39 is 59.2 Å². The topological polar surface area (TPSA) is 213 Å². The molecule has 1 aromatic heterocycles. The van der Waals surface area contributed by atoms with Crippen LogP contribution in [0.4, 0.5) is 11.4 Å². The smallest absolute Gasteiger partial charge is 0.326 e. The van der Waals surface area contributed by atoms with Crippen molar-refractivity contribution < 1.29 is 42.6 Å². The molecule has 1 saturated heterocycles. The maximum absolute atomic E-state index is 13.5. The van der Waals surface area contributed by atoms with Crippen LogP contribution in [0.2, 0.25) is 5.02 Å². The summed E-state index contributed by atoms with van der Waals surface area (Å²) in [7, 11) is 0. The number of anilines is 2. The van der Waals surface area contributed by atoms with Crippen LogP contribution in [0.5, 0.6) is 0 Å². The maximum Gasteiger partial charge on any atom is 0.326 e. The van der Waals surface area contributed by atoms with Gasteiger partial charge in [-0.05, 0) is 49.6 Å². The number of hydrogen-bond acceptors (Lipinski definition) is 9. The first kappa shape index (κ1) is 34.4. The van der Waals surface area contributed by atoms with Gasteiger partial charge in [0, 0.05) is 36.0 Å². The number of aliphatic carboxylic acids is 2. The molecule has 0 spiro atoms. The quantitative estimate of drug-likeness (QED) is 0.129. The van der Waals surface area contributed by atoms with Gasteiger partial charge in [0.1, 0.15) is 17.8 Å². The number of carbonyl (C=O) groups is 4. The second-order valence-electron chi connectivity index (χ2n) is 10.7. The van der Waals surface area contributed by atoms with E-state index in [1.807, 2.05) is 30.3 Å². The van der Waals surface area contributed by atoms with Crippen molar-refractivity contribution in [2.24, 2.45) is 0 Å². The number of carboxylic acids is 2. The van der Waals surface area contributed by atoms with Crippen molar-refractivity contribution in [2.45, 2.75) is 56.9 Å². The lowest BCUT2D eigenvalue weighted by Gasteiger charge is -2.27. The summed E-state index contributed by atoms with van der Waals surface area (Å²) in [5.74, 6) is -3.20. The highest BCUT2D eigenvalue weighted by Gasteiger charge is 2.42. The Morgan fingerprint density at radius 2 is 1.85 bits per heavy atom. The van der Waals surface area contributed by atoms with Crippen LogP contribution >= 0.6 is 11.6 Å². The molecule has 2 amide bonds. The minimum absolute atomic E-state index is 0.00157. The standard InChI is InChI=1S/C30H34ClN5O9S/c1-17(33-23(29(39)40)10-9-18-6-3-2-4-7-18)28(38)36-16-19(12-26(36)30(41)42)34-27(37)21-13-25(35-46(43)44)22(31)14-24(21)32-15-20-8-5-11-45-20/h2-8,11,13-14,17,19,23,26,32-33,35H,9-10,12,15-16H2,1H3,(H,34,37)(H,39,40)(H,41,42)(H,43,44)/p-1/t17-,19-,23-,26?/m0/s1. The van der Waals surface area contributed by atoms with Crippen molar-refractivity contribution in [3.63, 3.8) is 0 Å². The van der Waals surface area contributed by atoms with E-state index in [2.05, 4.69) is 20.7 Å². The van der Waals surface area contributed by atoms with E-state index in [0.717, 1.165) is 10.5 Å². The van der Waals surface area contributed by atoms with Gasteiger partial charge in [-0.25, -0.2) is 4.79 Å². The first-order chi connectivity index (χ1) is 21.9. The number of carboxylic acid groups (broad SMARTS) is 2. The van der Waals surface area contributed by atoms with E-state index in [9.17, 15) is 38.2 Å². The average Bonchev–Trinajstić information content (AvgIpc) is 3.69. The Bertz CT molecular complexity index is 1570. The minimum Gasteiger partial charge on any atom is -0.755 e. The Kier molecular flexibility index (Phi) is 11.8. The van der Waals surface area contributed by atoms with Gasteiger partial charge in [-0.1, -0.05) is 41.9 Å². The Hall–Kier alpha value is -4.44. The van der Waals surface area contributed by atoms with E-state index in [1.165, 1.54) is 25.3 Å². The summed E-state index contributed by atoms with van der Waals surface area (Å²) in [4.78, 5) is 52.1. The predicted molar refractivity (Wildman–Crippen MR) is 168 cm³/mol. The number of nitrogens with zero attached hydrogens (tertiary/aromatic N) is 1. The average molecular weight is 675 g/mol. The van der Waals surface area contributed by atoms with E-state index in [4.69, 9.17) is 16.0 Å². The molecule has 1 aliphatic rings. The number of carbonyl (C=O) groups excluding carboxylic acids is 2. The number of furan rings is 1. The summed E-state index contributed by atoms with van der Waals surface area (Å²) in [6.45, 7) is 1.47. The normalized spacial score (nSPS) is 17.9. The van der Waals surface area contributed by atoms with Crippen LogP contribution in [0.1, 0.15) is 41.4 Å². The molecular weight excluding hydrogens is 642 g/mol. The van der Waals surface area contributed by atoms with Crippen LogP contribution in [0, 0.1) is 0 Å². The van der Waals surface area contributed by atoms with E-state index in [0.29, 0.717) is 12.2 Å².